The third-order valence-corrected chi connectivity index (χ3v) is 6.26. The molecule has 0 spiro atoms. The summed E-state index contributed by atoms with van der Waals surface area (Å²) in [5.74, 6) is 0.354. The van der Waals surface area contributed by atoms with Gasteiger partial charge in [0.05, 0.1) is 35.8 Å². The van der Waals surface area contributed by atoms with Crippen LogP contribution in [0.1, 0.15) is 37.1 Å². The van der Waals surface area contributed by atoms with Crippen LogP contribution < -0.4 is 10.2 Å². The largest absolute Gasteiger partial charge is 0.355 e. The van der Waals surface area contributed by atoms with Crippen molar-refractivity contribution in [1.82, 2.24) is 15.2 Å². The number of quaternary nitrogens is 1. The second kappa shape index (κ2) is 9.28. The molecule has 2 N–H and O–H groups in total. The maximum absolute atomic E-state index is 12.5. The highest BCUT2D eigenvalue weighted by Crippen LogP contribution is 2.30. The summed E-state index contributed by atoms with van der Waals surface area (Å²) in [6, 6.07) is 8.25. The van der Waals surface area contributed by atoms with Gasteiger partial charge >= 0.3 is 0 Å². The van der Waals surface area contributed by atoms with E-state index in [0.717, 1.165) is 37.9 Å². The number of likely N-dealkylation sites (tertiary alicyclic amines) is 1. The van der Waals surface area contributed by atoms with Crippen LogP contribution in [-0.4, -0.2) is 61.5 Å². The lowest BCUT2D eigenvalue weighted by Gasteiger charge is -2.29. The molecule has 1 aliphatic rings. The molecule has 1 unspecified atom stereocenters. The Balaban J connectivity index is 1.54. The van der Waals surface area contributed by atoms with E-state index >= 15 is 0 Å². The van der Waals surface area contributed by atoms with Crippen LogP contribution in [0, 0.1) is 0 Å². The third-order valence-electron chi connectivity index (χ3n) is 5.06. The standard InChI is InChI=1S/C20H28N4O2S/c1-3-10-21-18(25)13-23(2)19(26)14-24-11-6-7-15(12-24)20-22-16-8-4-5-9-17(16)27-20/h4-5,8-9,15H,3,6-7,10-14H2,1-2H3,(H,21,25)/p+1/t15-/m1/s1. The number of nitrogens with zero attached hydrogens (tertiary/aromatic N) is 2. The average molecular weight is 390 g/mol. The summed E-state index contributed by atoms with van der Waals surface area (Å²) in [7, 11) is 1.71. The maximum Gasteiger partial charge on any atom is 0.277 e. The molecule has 0 saturated carbocycles. The number of thiazole rings is 1. The van der Waals surface area contributed by atoms with Crippen molar-refractivity contribution in [3.05, 3.63) is 29.3 Å². The fraction of sp³-hybridized carbons (Fsp3) is 0.550. The number of likely N-dealkylation sites (N-methyl/N-ethyl adjacent to an activating group) is 1. The van der Waals surface area contributed by atoms with Crippen molar-refractivity contribution in [1.29, 1.82) is 0 Å². The summed E-state index contributed by atoms with van der Waals surface area (Å²) in [6.07, 6.45) is 3.13. The number of aromatic nitrogens is 1. The van der Waals surface area contributed by atoms with Crippen LogP contribution in [0.25, 0.3) is 10.2 Å². The van der Waals surface area contributed by atoms with Crippen molar-refractivity contribution < 1.29 is 14.5 Å². The molecule has 0 radical (unpaired) electrons. The molecular formula is C20H29N4O2S+. The van der Waals surface area contributed by atoms with Crippen molar-refractivity contribution in [2.75, 3.05) is 39.8 Å². The number of nitrogens with one attached hydrogen (secondary N) is 2. The number of benzene rings is 1. The van der Waals surface area contributed by atoms with Gasteiger partial charge in [0.2, 0.25) is 5.91 Å². The number of rotatable bonds is 7. The minimum absolute atomic E-state index is 0.0293. The van der Waals surface area contributed by atoms with Crippen LogP contribution in [0.3, 0.4) is 0 Å². The van der Waals surface area contributed by atoms with Crippen LogP contribution in [0.15, 0.2) is 24.3 Å². The highest BCUT2D eigenvalue weighted by atomic mass is 32.1. The Labute approximate surface area is 164 Å². The van der Waals surface area contributed by atoms with Crippen LogP contribution in [-0.2, 0) is 9.59 Å². The Hall–Kier alpha value is -1.99. The molecule has 7 heteroatoms. The van der Waals surface area contributed by atoms with Crippen LogP contribution in [0.2, 0.25) is 0 Å². The molecule has 27 heavy (non-hydrogen) atoms. The molecule has 3 rings (SSSR count). The van der Waals surface area contributed by atoms with Crippen molar-refractivity contribution in [2.24, 2.45) is 0 Å². The van der Waals surface area contributed by atoms with E-state index in [4.69, 9.17) is 4.98 Å². The maximum atomic E-state index is 12.5. The lowest BCUT2D eigenvalue weighted by molar-refractivity contribution is -0.898. The van der Waals surface area contributed by atoms with Crippen LogP contribution in [0.5, 0.6) is 0 Å². The van der Waals surface area contributed by atoms with E-state index in [9.17, 15) is 9.59 Å². The molecule has 146 valence electrons. The fourth-order valence-electron chi connectivity index (χ4n) is 3.56. The molecule has 2 heterocycles. The number of piperidine rings is 1. The summed E-state index contributed by atoms with van der Waals surface area (Å²) in [6.45, 7) is 5.18. The van der Waals surface area contributed by atoms with Gasteiger partial charge in [-0.05, 0) is 31.4 Å². The quantitative estimate of drug-likeness (QED) is 0.744. The topological polar surface area (TPSA) is 66.7 Å². The first-order valence-corrected chi connectivity index (χ1v) is 10.6. The lowest BCUT2D eigenvalue weighted by Crippen LogP contribution is -3.14. The Bertz CT molecular complexity index is 758. The second-order valence-corrected chi connectivity index (χ2v) is 8.40. The number of carbonyl (C=O) groups is 2. The molecule has 1 aromatic heterocycles. The van der Waals surface area contributed by atoms with Crippen molar-refractivity contribution in [2.45, 2.75) is 32.1 Å². The van der Waals surface area contributed by atoms with Gasteiger partial charge < -0.3 is 15.1 Å². The van der Waals surface area contributed by atoms with Gasteiger partial charge in [-0.2, -0.15) is 0 Å². The first kappa shape index (κ1) is 19.8. The van der Waals surface area contributed by atoms with E-state index in [0.29, 0.717) is 19.0 Å². The SMILES string of the molecule is CCCNC(=O)CN(C)C(=O)C[NH+]1CCC[C@@H](c2nc3ccccc3s2)C1. The van der Waals surface area contributed by atoms with Crippen LogP contribution in [0.4, 0.5) is 0 Å². The number of fused-ring (bicyclic) bond motifs is 1. The zero-order valence-corrected chi connectivity index (χ0v) is 17.0. The first-order valence-electron chi connectivity index (χ1n) is 9.76. The minimum atomic E-state index is -0.0892. The Morgan fingerprint density at radius 2 is 2.19 bits per heavy atom. The van der Waals surface area contributed by atoms with E-state index in [2.05, 4.69) is 17.4 Å². The van der Waals surface area contributed by atoms with E-state index in [1.54, 1.807) is 23.3 Å². The third kappa shape index (κ3) is 5.26. The van der Waals surface area contributed by atoms with Crippen LogP contribution >= 0.6 is 11.3 Å². The Morgan fingerprint density at radius 3 is 2.96 bits per heavy atom. The van der Waals surface area contributed by atoms with Gasteiger partial charge in [-0.1, -0.05) is 19.1 Å². The van der Waals surface area contributed by atoms with E-state index in [1.165, 1.54) is 14.6 Å². The second-order valence-electron chi connectivity index (χ2n) is 7.34. The molecular weight excluding hydrogens is 360 g/mol. The van der Waals surface area contributed by atoms with Gasteiger partial charge in [-0.25, -0.2) is 4.98 Å². The Kier molecular flexibility index (Phi) is 6.79. The molecule has 1 aromatic carbocycles. The Morgan fingerprint density at radius 1 is 1.37 bits per heavy atom. The molecule has 1 fully saturated rings. The molecule has 0 bridgehead atoms. The molecule has 2 atom stereocenters. The molecule has 2 amide bonds. The van der Waals surface area contributed by atoms with E-state index < -0.39 is 0 Å². The molecule has 6 nitrogen and oxygen atoms in total. The average Bonchev–Trinajstić information content (AvgIpc) is 3.11. The summed E-state index contributed by atoms with van der Waals surface area (Å²) in [5.41, 5.74) is 1.07. The van der Waals surface area contributed by atoms with Gasteiger partial charge in [0.25, 0.3) is 5.91 Å². The number of amides is 2. The normalized spacial score (nSPS) is 19.8. The number of hydrogen-bond donors (Lipinski definition) is 2. The summed E-state index contributed by atoms with van der Waals surface area (Å²) in [4.78, 5) is 32.0. The fourth-order valence-corrected chi connectivity index (χ4v) is 4.66. The lowest BCUT2D eigenvalue weighted by atomic mass is 9.99. The highest BCUT2D eigenvalue weighted by Gasteiger charge is 2.29. The van der Waals surface area contributed by atoms with Gasteiger partial charge in [-0.15, -0.1) is 11.3 Å². The molecule has 2 aromatic rings. The molecule has 0 aliphatic carbocycles. The number of hydrogen-bond acceptors (Lipinski definition) is 4. The monoisotopic (exact) mass is 389 g/mol. The summed E-state index contributed by atoms with van der Waals surface area (Å²) < 4.78 is 1.23. The van der Waals surface area contributed by atoms with Crippen molar-refractivity contribution in [3.63, 3.8) is 0 Å². The van der Waals surface area contributed by atoms with Crippen molar-refractivity contribution >= 4 is 33.4 Å². The van der Waals surface area contributed by atoms with E-state index in [-0.39, 0.29) is 18.4 Å². The van der Waals surface area contributed by atoms with Gasteiger partial charge in [-0.3, -0.25) is 9.59 Å². The van der Waals surface area contributed by atoms with Crippen molar-refractivity contribution in [3.8, 4) is 0 Å². The zero-order valence-electron chi connectivity index (χ0n) is 16.2. The molecule has 1 saturated heterocycles. The minimum Gasteiger partial charge on any atom is -0.355 e. The van der Waals surface area contributed by atoms with Gasteiger partial charge in [0, 0.05) is 13.6 Å². The predicted octanol–water partition coefficient (Wildman–Crippen LogP) is 1.04. The van der Waals surface area contributed by atoms with Gasteiger partial charge in [0.15, 0.2) is 6.54 Å². The summed E-state index contributed by atoms with van der Waals surface area (Å²) >= 11 is 1.77. The predicted molar refractivity (Wildman–Crippen MR) is 108 cm³/mol. The zero-order chi connectivity index (χ0) is 19.2. The molecule has 1 aliphatic heterocycles. The summed E-state index contributed by atoms with van der Waals surface area (Å²) in [5, 5.41) is 4.00. The first-order chi connectivity index (χ1) is 13.1. The van der Waals surface area contributed by atoms with Gasteiger partial charge in [0.1, 0.15) is 5.01 Å². The van der Waals surface area contributed by atoms with E-state index in [1.807, 2.05) is 19.1 Å². The number of carbonyl (C=O) groups excluding carboxylic acids is 2. The highest BCUT2D eigenvalue weighted by molar-refractivity contribution is 7.18. The number of para-hydroxylation sites is 1. The smallest absolute Gasteiger partial charge is 0.277 e.